The molecule has 3 heterocycles. The number of nitrogens with zero attached hydrogens (tertiary/aromatic N) is 5. The first-order valence-electron chi connectivity index (χ1n) is 10.2. The number of hydrogen-bond donors (Lipinski definition) is 1. The topological polar surface area (TPSA) is 96.1 Å². The standard InChI is InChI=1S/C21H26N6O2/c1-26-19-3-2-10-27(14-16(19)13-24-26)21(28)25-17-5-7-18(8-6-17)29-20-9-4-15(11-22)12-23-20/h4,9,12-13,17-18H,2-3,5-8,10,14H2,1H3,(H,25,28). The number of carbonyl (C=O) groups is 1. The van der Waals surface area contributed by atoms with Gasteiger partial charge < -0.3 is 15.0 Å². The second-order valence-electron chi connectivity index (χ2n) is 7.80. The number of carbonyl (C=O) groups excluding carboxylic acids is 1. The summed E-state index contributed by atoms with van der Waals surface area (Å²) in [6.07, 6.45) is 8.94. The number of rotatable bonds is 3. The van der Waals surface area contributed by atoms with Crippen molar-refractivity contribution in [2.45, 2.75) is 57.2 Å². The van der Waals surface area contributed by atoms with E-state index in [-0.39, 0.29) is 18.2 Å². The molecule has 152 valence electrons. The van der Waals surface area contributed by atoms with Gasteiger partial charge in [0, 0.05) is 43.2 Å². The molecule has 8 heteroatoms. The van der Waals surface area contributed by atoms with E-state index in [4.69, 9.17) is 10.00 Å². The summed E-state index contributed by atoms with van der Waals surface area (Å²) in [4.78, 5) is 18.9. The lowest BCUT2D eigenvalue weighted by Crippen LogP contribution is -2.46. The fraction of sp³-hybridized carbons (Fsp3) is 0.524. The highest BCUT2D eigenvalue weighted by atomic mass is 16.5. The largest absolute Gasteiger partial charge is 0.474 e. The van der Waals surface area contributed by atoms with Crippen molar-refractivity contribution in [2.75, 3.05) is 6.54 Å². The average Bonchev–Trinajstić information content (AvgIpc) is 2.95. The molecule has 0 radical (unpaired) electrons. The first kappa shape index (κ1) is 19.2. The van der Waals surface area contributed by atoms with Crippen molar-refractivity contribution < 1.29 is 9.53 Å². The highest BCUT2D eigenvalue weighted by Gasteiger charge is 2.27. The van der Waals surface area contributed by atoms with Crippen LogP contribution in [-0.2, 0) is 20.0 Å². The van der Waals surface area contributed by atoms with Crippen LogP contribution in [0.25, 0.3) is 0 Å². The molecule has 0 saturated heterocycles. The summed E-state index contributed by atoms with van der Waals surface area (Å²) in [5.74, 6) is 0.549. The van der Waals surface area contributed by atoms with E-state index >= 15 is 0 Å². The van der Waals surface area contributed by atoms with Crippen molar-refractivity contribution in [3.63, 3.8) is 0 Å². The third-order valence-electron chi connectivity index (χ3n) is 5.79. The van der Waals surface area contributed by atoms with Crippen LogP contribution in [0.4, 0.5) is 4.79 Å². The fourth-order valence-electron chi connectivity index (χ4n) is 4.14. The smallest absolute Gasteiger partial charge is 0.317 e. The van der Waals surface area contributed by atoms with Gasteiger partial charge in [0.05, 0.1) is 18.3 Å². The number of aryl methyl sites for hydroxylation is 1. The summed E-state index contributed by atoms with van der Waals surface area (Å²) in [6, 6.07) is 5.69. The van der Waals surface area contributed by atoms with Gasteiger partial charge in [0.2, 0.25) is 5.88 Å². The molecule has 0 atom stereocenters. The van der Waals surface area contributed by atoms with Gasteiger partial charge in [-0.3, -0.25) is 4.68 Å². The molecule has 2 aliphatic rings. The SMILES string of the molecule is Cn1ncc2c1CCCN(C(=O)NC1CCC(Oc3ccc(C#N)cn3)CC1)C2. The number of urea groups is 1. The van der Waals surface area contributed by atoms with Crippen molar-refractivity contribution in [2.24, 2.45) is 7.05 Å². The zero-order valence-electron chi connectivity index (χ0n) is 16.7. The molecule has 2 aromatic rings. The van der Waals surface area contributed by atoms with Gasteiger partial charge in [-0.25, -0.2) is 9.78 Å². The molecule has 2 amide bonds. The normalized spacial score (nSPS) is 21.6. The Hall–Kier alpha value is -3.08. The predicted octanol–water partition coefficient (Wildman–Crippen LogP) is 2.53. The molecule has 1 aliphatic heterocycles. The Labute approximate surface area is 170 Å². The number of hydrogen-bond acceptors (Lipinski definition) is 5. The zero-order chi connectivity index (χ0) is 20.2. The molecule has 1 aliphatic carbocycles. The quantitative estimate of drug-likeness (QED) is 0.863. The Balaban J connectivity index is 1.26. The Kier molecular flexibility index (Phi) is 5.65. The summed E-state index contributed by atoms with van der Waals surface area (Å²) in [7, 11) is 1.96. The minimum atomic E-state index is 0.0137. The van der Waals surface area contributed by atoms with E-state index in [1.54, 1.807) is 12.1 Å². The van der Waals surface area contributed by atoms with Gasteiger partial charge in [0.1, 0.15) is 12.2 Å². The summed E-state index contributed by atoms with van der Waals surface area (Å²) < 4.78 is 7.85. The second-order valence-corrected chi connectivity index (χ2v) is 7.80. The molecule has 2 aromatic heterocycles. The molecule has 1 saturated carbocycles. The predicted molar refractivity (Wildman–Crippen MR) is 106 cm³/mol. The third-order valence-corrected chi connectivity index (χ3v) is 5.79. The van der Waals surface area contributed by atoms with Crippen LogP contribution in [0.1, 0.15) is 48.9 Å². The lowest BCUT2D eigenvalue weighted by Gasteiger charge is -2.31. The molecule has 0 unspecified atom stereocenters. The molecule has 1 N–H and O–H groups in total. The van der Waals surface area contributed by atoms with E-state index in [9.17, 15) is 4.79 Å². The maximum absolute atomic E-state index is 12.8. The van der Waals surface area contributed by atoms with Gasteiger partial charge >= 0.3 is 6.03 Å². The van der Waals surface area contributed by atoms with E-state index in [0.29, 0.717) is 18.0 Å². The Bertz CT molecular complexity index is 893. The van der Waals surface area contributed by atoms with E-state index in [1.807, 2.05) is 22.8 Å². The Morgan fingerprint density at radius 1 is 1.28 bits per heavy atom. The minimum Gasteiger partial charge on any atom is -0.474 e. The van der Waals surface area contributed by atoms with E-state index in [0.717, 1.165) is 50.6 Å². The number of aromatic nitrogens is 3. The average molecular weight is 394 g/mol. The molecule has 0 spiro atoms. The van der Waals surface area contributed by atoms with Gasteiger partial charge in [-0.1, -0.05) is 0 Å². The number of nitrogens with one attached hydrogen (secondary N) is 1. The Morgan fingerprint density at radius 3 is 2.83 bits per heavy atom. The molecule has 29 heavy (non-hydrogen) atoms. The summed E-state index contributed by atoms with van der Waals surface area (Å²) in [5.41, 5.74) is 2.90. The minimum absolute atomic E-state index is 0.0137. The molecular weight excluding hydrogens is 368 g/mol. The maximum Gasteiger partial charge on any atom is 0.317 e. The molecule has 1 fully saturated rings. The van der Waals surface area contributed by atoms with Crippen molar-refractivity contribution in [1.29, 1.82) is 5.26 Å². The van der Waals surface area contributed by atoms with Crippen molar-refractivity contribution in [3.8, 4) is 11.9 Å². The lowest BCUT2D eigenvalue weighted by atomic mass is 9.93. The number of fused-ring (bicyclic) bond motifs is 1. The van der Waals surface area contributed by atoms with Crippen LogP contribution >= 0.6 is 0 Å². The molecule has 0 bridgehead atoms. The molecule has 0 aromatic carbocycles. The number of nitriles is 1. The zero-order valence-corrected chi connectivity index (χ0v) is 16.7. The fourth-order valence-corrected chi connectivity index (χ4v) is 4.14. The first-order valence-corrected chi connectivity index (χ1v) is 10.2. The molecule has 4 rings (SSSR count). The van der Waals surface area contributed by atoms with Gasteiger partial charge in [0.15, 0.2) is 0 Å². The molecule has 8 nitrogen and oxygen atoms in total. The van der Waals surface area contributed by atoms with Crippen LogP contribution in [0.5, 0.6) is 5.88 Å². The monoisotopic (exact) mass is 394 g/mol. The third kappa shape index (κ3) is 4.50. The van der Waals surface area contributed by atoms with Gasteiger partial charge in [-0.15, -0.1) is 0 Å². The van der Waals surface area contributed by atoms with Crippen LogP contribution in [0.3, 0.4) is 0 Å². The highest BCUT2D eigenvalue weighted by molar-refractivity contribution is 5.74. The summed E-state index contributed by atoms with van der Waals surface area (Å²) in [6.45, 7) is 1.39. The van der Waals surface area contributed by atoms with Gasteiger partial charge in [0.25, 0.3) is 0 Å². The summed E-state index contributed by atoms with van der Waals surface area (Å²) in [5, 5.41) is 16.4. The lowest BCUT2D eigenvalue weighted by molar-refractivity contribution is 0.131. The van der Waals surface area contributed by atoms with Crippen molar-refractivity contribution in [3.05, 3.63) is 41.3 Å². The number of amides is 2. The number of pyridine rings is 1. The van der Waals surface area contributed by atoms with Crippen LogP contribution in [0.15, 0.2) is 24.5 Å². The summed E-state index contributed by atoms with van der Waals surface area (Å²) >= 11 is 0. The van der Waals surface area contributed by atoms with Crippen molar-refractivity contribution in [1.82, 2.24) is 25.0 Å². The highest BCUT2D eigenvalue weighted by Crippen LogP contribution is 2.24. The maximum atomic E-state index is 12.8. The van der Waals surface area contributed by atoms with Crippen LogP contribution < -0.4 is 10.1 Å². The van der Waals surface area contributed by atoms with Gasteiger partial charge in [-0.05, 0) is 44.6 Å². The van der Waals surface area contributed by atoms with E-state index in [1.165, 1.54) is 11.9 Å². The van der Waals surface area contributed by atoms with E-state index < -0.39 is 0 Å². The Morgan fingerprint density at radius 2 is 2.10 bits per heavy atom. The first-order chi connectivity index (χ1) is 14.1. The second kappa shape index (κ2) is 8.52. The number of ether oxygens (including phenoxy) is 1. The van der Waals surface area contributed by atoms with Crippen molar-refractivity contribution >= 4 is 6.03 Å². The van der Waals surface area contributed by atoms with Crippen LogP contribution in [0.2, 0.25) is 0 Å². The molecular formula is C21H26N6O2. The van der Waals surface area contributed by atoms with Crippen LogP contribution in [-0.4, -0.2) is 44.4 Å². The van der Waals surface area contributed by atoms with Gasteiger partial charge in [-0.2, -0.15) is 10.4 Å². The van der Waals surface area contributed by atoms with Crippen LogP contribution in [0, 0.1) is 11.3 Å². The van der Waals surface area contributed by atoms with E-state index in [2.05, 4.69) is 21.5 Å².